The van der Waals surface area contributed by atoms with Crippen LogP contribution in [0.3, 0.4) is 0 Å². The molecule has 1 saturated carbocycles. The molecule has 1 N–H and O–H groups in total. The van der Waals surface area contributed by atoms with Gasteiger partial charge in [-0.3, -0.25) is 0 Å². The van der Waals surface area contributed by atoms with Crippen molar-refractivity contribution in [2.45, 2.75) is 52.4 Å². The van der Waals surface area contributed by atoms with Crippen LogP contribution in [-0.2, 0) is 19.1 Å². The van der Waals surface area contributed by atoms with Crippen LogP contribution in [0.1, 0.15) is 52.4 Å². The van der Waals surface area contributed by atoms with E-state index >= 15 is 0 Å². The molecule has 1 atom stereocenters. The van der Waals surface area contributed by atoms with E-state index in [-0.39, 0.29) is 23.8 Å². The molecule has 0 bridgehead atoms. The molecule has 5 heteroatoms. The summed E-state index contributed by atoms with van der Waals surface area (Å²) in [7, 11) is 1.38. The molecule has 5 nitrogen and oxygen atoms in total. The Balaban J connectivity index is 2.38. The summed E-state index contributed by atoms with van der Waals surface area (Å²) in [6.07, 6.45) is 8.46. The van der Waals surface area contributed by atoms with Gasteiger partial charge in [-0.25, -0.2) is 9.59 Å². The van der Waals surface area contributed by atoms with Gasteiger partial charge in [-0.05, 0) is 32.6 Å². The van der Waals surface area contributed by atoms with Crippen molar-refractivity contribution in [3.8, 4) is 0 Å². The number of rotatable bonds is 4. The molecule has 2 aliphatic rings. The molecule has 0 aromatic heterocycles. The van der Waals surface area contributed by atoms with E-state index in [1.807, 2.05) is 6.92 Å². The molecule has 0 aromatic carbocycles. The van der Waals surface area contributed by atoms with E-state index in [0.717, 1.165) is 31.4 Å². The number of carbonyl (C=O) groups is 2. The van der Waals surface area contributed by atoms with Gasteiger partial charge < -0.3 is 14.8 Å². The molecular weight excluding hydrogens is 294 g/mol. The van der Waals surface area contributed by atoms with Crippen LogP contribution in [0.4, 0.5) is 0 Å². The van der Waals surface area contributed by atoms with Gasteiger partial charge in [0.1, 0.15) is 0 Å². The van der Waals surface area contributed by atoms with Crippen molar-refractivity contribution >= 4 is 11.9 Å². The minimum absolute atomic E-state index is 0.235. The molecule has 0 saturated heterocycles. The fraction of sp³-hybridized carbons (Fsp3) is 0.667. The zero-order valence-electron chi connectivity index (χ0n) is 14.3. The van der Waals surface area contributed by atoms with Gasteiger partial charge in [-0.2, -0.15) is 0 Å². The maximum absolute atomic E-state index is 12.4. The fourth-order valence-corrected chi connectivity index (χ4v) is 3.67. The zero-order chi connectivity index (χ0) is 16.8. The van der Waals surface area contributed by atoms with Gasteiger partial charge in [0, 0.05) is 17.8 Å². The third-order valence-electron chi connectivity index (χ3n) is 4.78. The molecule has 128 valence electrons. The Hall–Kier alpha value is -1.78. The van der Waals surface area contributed by atoms with Crippen molar-refractivity contribution < 1.29 is 19.1 Å². The normalized spacial score (nSPS) is 22.7. The van der Waals surface area contributed by atoms with Gasteiger partial charge in [-0.1, -0.05) is 25.7 Å². The number of allylic oxidation sites excluding steroid dienone is 1. The van der Waals surface area contributed by atoms with Gasteiger partial charge in [0.05, 0.1) is 24.9 Å². The Morgan fingerprint density at radius 1 is 1.17 bits per heavy atom. The average Bonchev–Trinajstić information content (AvgIpc) is 2.83. The third-order valence-corrected chi connectivity index (χ3v) is 4.78. The highest BCUT2D eigenvalue weighted by molar-refractivity contribution is 5.97. The van der Waals surface area contributed by atoms with E-state index in [1.54, 1.807) is 13.1 Å². The second-order valence-electron chi connectivity index (χ2n) is 6.22. The smallest absolute Gasteiger partial charge is 0.336 e. The van der Waals surface area contributed by atoms with Crippen molar-refractivity contribution in [1.29, 1.82) is 0 Å². The van der Waals surface area contributed by atoms with Crippen molar-refractivity contribution in [3.05, 3.63) is 23.0 Å². The summed E-state index contributed by atoms with van der Waals surface area (Å²) < 4.78 is 10.2. The summed E-state index contributed by atoms with van der Waals surface area (Å²) in [6, 6.07) is 0. The molecule has 0 aromatic rings. The highest BCUT2D eigenvalue weighted by atomic mass is 16.5. The van der Waals surface area contributed by atoms with Gasteiger partial charge in [0.2, 0.25) is 0 Å². The lowest BCUT2D eigenvalue weighted by Gasteiger charge is -2.32. The lowest BCUT2D eigenvalue weighted by molar-refractivity contribution is -0.139. The summed E-state index contributed by atoms with van der Waals surface area (Å²) >= 11 is 0. The van der Waals surface area contributed by atoms with E-state index in [4.69, 9.17) is 9.47 Å². The molecule has 1 aliphatic heterocycles. The Bertz CT molecular complexity index is 513. The number of hydrogen-bond donors (Lipinski definition) is 1. The number of methoxy groups -OCH3 is 1. The fourth-order valence-electron chi connectivity index (χ4n) is 3.67. The summed E-state index contributed by atoms with van der Waals surface area (Å²) in [5.41, 5.74) is 1.88. The molecule has 0 unspecified atom stereocenters. The molecular formula is C18H27NO4. The summed E-state index contributed by atoms with van der Waals surface area (Å²) in [6.45, 7) is 3.97. The minimum atomic E-state index is -0.362. The lowest BCUT2D eigenvalue weighted by atomic mass is 9.75. The van der Waals surface area contributed by atoms with Crippen molar-refractivity contribution in [2.75, 3.05) is 13.7 Å². The van der Waals surface area contributed by atoms with Gasteiger partial charge >= 0.3 is 11.9 Å². The maximum Gasteiger partial charge on any atom is 0.336 e. The number of hydrogen-bond acceptors (Lipinski definition) is 5. The van der Waals surface area contributed by atoms with Crippen molar-refractivity contribution in [3.63, 3.8) is 0 Å². The van der Waals surface area contributed by atoms with Crippen LogP contribution in [0.2, 0.25) is 0 Å². The SMILES string of the molecule is CCOC(=O)C1=CNC(C)=C(C(=O)OC)[C@@H]1C1CCCCCC1. The Labute approximate surface area is 138 Å². The number of dihydropyridines is 1. The first kappa shape index (κ1) is 17.6. The lowest BCUT2D eigenvalue weighted by Crippen LogP contribution is -2.34. The highest BCUT2D eigenvalue weighted by Gasteiger charge is 2.39. The maximum atomic E-state index is 12.4. The molecule has 0 spiro atoms. The number of nitrogens with one attached hydrogen (secondary N) is 1. The van der Waals surface area contributed by atoms with E-state index in [9.17, 15) is 9.59 Å². The minimum Gasteiger partial charge on any atom is -0.466 e. The predicted octanol–water partition coefficient (Wildman–Crippen LogP) is 3.07. The molecule has 2 rings (SSSR count). The summed E-state index contributed by atoms with van der Waals surface area (Å²) in [5.74, 6) is -0.664. The predicted molar refractivity (Wildman–Crippen MR) is 87.2 cm³/mol. The van der Waals surface area contributed by atoms with E-state index in [2.05, 4.69) is 5.32 Å². The number of esters is 2. The highest BCUT2D eigenvalue weighted by Crippen LogP contribution is 2.40. The van der Waals surface area contributed by atoms with Crippen LogP contribution in [0.5, 0.6) is 0 Å². The molecule has 0 amide bonds. The first-order valence-electron chi connectivity index (χ1n) is 8.53. The molecule has 0 radical (unpaired) electrons. The molecule has 23 heavy (non-hydrogen) atoms. The van der Waals surface area contributed by atoms with Crippen LogP contribution in [0, 0.1) is 11.8 Å². The zero-order valence-corrected chi connectivity index (χ0v) is 14.3. The second-order valence-corrected chi connectivity index (χ2v) is 6.22. The van der Waals surface area contributed by atoms with Crippen LogP contribution in [0.15, 0.2) is 23.0 Å². The topological polar surface area (TPSA) is 64.6 Å². The largest absolute Gasteiger partial charge is 0.466 e. The summed E-state index contributed by atoms with van der Waals surface area (Å²) in [5, 5.41) is 3.04. The van der Waals surface area contributed by atoms with Crippen LogP contribution in [0.25, 0.3) is 0 Å². The van der Waals surface area contributed by atoms with Crippen LogP contribution >= 0.6 is 0 Å². The third kappa shape index (κ3) is 3.95. The standard InChI is InChI=1S/C18H27NO4/c1-4-23-17(20)14-11-19-12(2)15(18(21)22-3)16(14)13-9-7-5-6-8-10-13/h11,13,16,19H,4-10H2,1-3H3/t16-/m1/s1. The molecule has 1 aliphatic carbocycles. The first-order valence-corrected chi connectivity index (χ1v) is 8.53. The first-order chi connectivity index (χ1) is 11.1. The van der Waals surface area contributed by atoms with Crippen molar-refractivity contribution in [1.82, 2.24) is 5.32 Å². The van der Waals surface area contributed by atoms with E-state index in [1.165, 1.54) is 20.0 Å². The Kier molecular flexibility index (Phi) is 6.25. The van der Waals surface area contributed by atoms with Gasteiger partial charge in [0.25, 0.3) is 0 Å². The van der Waals surface area contributed by atoms with Crippen molar-refractivity contribution in [2.24, 2.45) is 11.8 Å². The van der Waals surface area contributed by atoms with Crippen LogP contribution < -0.4 is 5.32 Å². The number of carbonyl (C=O) groups excluding carboxylic acids is 2. The molecule has 1 heterocycles. The molecule has 1 fully saturated rings. The van der Waals surface area contributed by atoms with Gasteiger partial charge in [0.15, 0.2) is 0 Å². The van der Waals surface area contributed by atoms with Gasteiger partial charge in [-0.15, -0.1) is 0 Å². The van der Waals surface area contributed by atoms with E-state index < -0.39 is 0 Å². The number of ether oxygens (including phenoxy) is 2. The van der Waals surface area contributed by atoms with E-state index in [0.29, 0.717) is 17.8 Å². The monoisotopic (exact) mass is 321 g/mol. The average molecular weight is 321 g/mol. The van der Waals surface area contributed by atoms with Crippen LogP contribution in [-0.4, -0.2) is 25.7 Å². The Morgan fingerprint density at radius 2 is 1.83 bits per heavy atom. The summed E-state index contributed by atoms with van der Waals surface area (Å²) in [4.78, 5) is 24.7. The quantitative estimate of drug-likeness (QED) is 0.637. The Morgan fingerprint density at radius 3 is 2.39 bits per heavy atom. The second kappa shape index (κ2) is 8.18.